The number of hydrogen-bond acceptors (Lipinski definition) is 3. The van der Waals surface area contributed by atoms with Crippen LogP contribution < -0.4 is 15.7 Å². The molecule has 84 valence electrons. The maximum Gasteiger partial charge on any atom is 0.330 e. The number of rotatable bonds is 2. The standard InChI is InChI=1S/C10H12N4O2/c1-4-5-14(3)6-11-8-7(14)9(15)12-10(16)13(8)2/h4,6H,1,5H2,2-3H3/p+1. The molecule has 0 aliphatic carbocycles. The van der Waals surface area contributed by atoms with Crippen LogP contribution >= 0.6 is 0 Å². The minimum atomic E-state index is -0.451. The maximum atomic E-state index is 11.8. The third-order valence-electron chi connectivity index (χ3n) is 2.72. The fourth-order valence-electron chi connectivity index (χ4n) is 1.85. The molecule has 0 fully saturated rings. The van der Waals surface area contributed by atoms with Crippen molar-refractivity contribution in [2.75, 3.05) is 13.6 Å². The van der Waals surface area contributed by atoms with Gasteiger partial charge in [-0.2, -0.15) is 4.99 Å². The van der Waals surface area contributed by atoms with Crippen LogP contribution in [-0.4, -0.2) is 29.5 Å². The van der Waals surface area contributed by atoms with Crippen molar-refractivity contribution in [3.05, 3.63) is 33.5 Å². The summed E-state index contributed by atoms with van der Waals surface area (Å²) < 4.78 is 1.57. The van der Waals surface area contributed by atoms with Gasteiger partial charge in [0.15, 0.2) is 6.34 Å². The summed E-state index contributed by atoms with van der Waals surface area (Å²) in [6.45, 7) is 4.21. The molecule has 1 N–H and O–H groups in total. The highest BCUT2D eigenvalue weighted by atomic mass is 16.2. The molecule has 1 atom stereocenters. The van der Waals surface area contributed by atoms with Crippen molar-refractivity contribution < 1.29 is 0 Å². The third-order valence-corrected chi connectivity index (χ3v) is 2.72. The molecule has 1 aliphatic rings. The monoisotopic (exact) mass is 221 g/mol. The van der Waals surface area contributed by atoms with E-state index in [1.165, 1.54) is 4.57 Å². The van der Waals surface area contributed by atoms with Gasteiger partial charge in [-0.1, -0.05) is 6.58 Å². The molecular formula is C10H13N4O2+. The molecule has 2 rings (SSSR count). The van der Waals surface area contributed by atoms with Crippen LogP contribution in [0.3, 0.4) is 0 Å². The lowest BCUT2D eigenvalue weighted by Gasteiger charge is -2.22. The lowest BCUT2D eigenvalue weighted by molar-refractivity contribution is 0.558. The second-order valence-corrected chi connectivity index (χ2v) is 3.97. The van der Waals surface area contributed by atoms with Crippen molar-refractivity contribution in [1.82, 2.24) is 14.0 Å². The predicted octanol–water partition coefficient (Wildman–Crippen LogP) is -0.130. The van der Waals surface area contributed by atoms with E-state index in [0.717, 1.165) is 0 Å². The summed E-state index contributed by atoms with van der Waals surface area (Å²) in [5.41, 5.74) is -0.366. The van der Waals surface area contributed by atoms with Crippen LogP contribution in [0, 0.1) is 0 Å². The number of fused-ring (bicyclic) bond motifs is 1. The summed E-state index contributed by atoms with van der Waals surface area (Å²) in [5.74, 6) is 0.415. The van der Waals surface area contributed by atoms with Gasteiger partial charge in [0.1, 0.15) is 6.54 Å². The van der Waals surface area contributed by atoms with Crippen molar-refractivity contribution in [3.63, 3.8) is 0 Å². The normalized spacial score (nSPS) is 22.1. The average molecular weight is 221 g/mol. The highest BCUT2D eigenvalue weighted by Gasteiger charge is 2.36. The van der Waals surface area contributed by atoms with Gasteiger partial charge in [-0.25, -0.2) is 9.28 Å². The van der Waals surface area contributed by atoms with Crippen LogP contribution in [0.4, 0.5) is 11.5 Å². The fraction of sp³-hybridized carbons (Fsp3) is 0.300. The first kappa shape index (κ1) is 10.6. The van der Waals surface area contributed by atoms with E-state index in [2.05, 4.69) is 16.6 Å². The van der Waals surface area contributed by atoms with Gasteiger partial charge < -0.3 is 0 Å². The topological polar surface area (TPSA) is 67.2 Å². The molecule has 0 bridgehead atoms. The number of likely N-dealkylation sites (N-methyl/N-ethyl adjacent to an activating group) is 1. The number of hydrogen-bond donors (Lipinski definition) is 1. The molecule has 0 spiro atoms. The second kappa shape index (κ2) is 3.28. The van der Waals surface area contributed by atoms with Crippen LogP contribution in [0.25, 0.3) is 0 Å². The Balaban J connectivity index is 2.78. The van der Waals surface area contributed by atoms with E-state index in [1.54, 1.807) is 19.5 Å². The number of aromatic amines is 1. The van der Waals surface area contributed by atoms with E-state index in [4.69, 9.17) is 0 Å². The van der Waals surface area contributed by atoms with Gasteiger partial charge in [0.05, 0.1) is 7.05 Å². The third kappa shape index (κ3) is 1.27. The quantitative estimate of drug-likeness (QED) is 0.558. The molecule has 0 saturated carbocycles. The SMILES string of the molecule is C=CC[N+]1(C)C=Nc2c1c(=O)[nH]c(=O)n2C. The van der Waals surface area contributed by atoms with Gasteiger partial charge in [-0.05, 0) is 6.08 Å². The zero-order valence-corrected chi connectivity index (χ0v) is 9.23. The molecule has 2 heterocycles. The zero-order chi connectivity index (χ0) is 11.9. The molecule has 1 aliphatic heterocycles. The van der Waals surface area contributed by atoms with Gasteiger partial charge in [0.25, 0.3) is 0 Å². The molecule has 1 aromatic rings. The van der Waals surface area contributed by atoms with Crippen molar-refractivity contribution in [2.24, 2.45) is 12.0 Å². The molecule has 1 unspecified atom stereocenters. The zero-order valence-electron chi connectivity index (χ0n) is 9.23. The minimum Gasteiger partial charge on any atom is -0.276 e. The van der Waals surface area contributed by atoms with Crippen LogP contribution in [0.15, 0.2) is 27.2 Å². The van der Waals surface area contributed by atoms with E-state index in [9.17, 15) is 9.59 Å². The Labute approximate surface area is 91.8 Å². The number of aromatic nitrogens is 2. The molecule has 6 heteroatoms. The second-order valence-electron chi connectivity index (χ2n) is 3.97. The molecular weight excluding hydrogens is 208 g/mol. The number of nitrogens with zero attached hydrogens (tertiary/aromatic N) is 3. The molecule has 0 saturated heterocycles. The van der Waals surface area contributed by atoms with Crippen LogP contribution in [-0.2, 0) is 7.05 Å². The Morgan fingerprint density at radius 2 is 2.31 bits per heavy atom. The first-order chi connectivity index (χ1) is 7.49. The van der Waals surface area contributed by atoms with Gasteiger partial charge in [-0.3, -0.25) is 14.3 Å². The molecule has 16 heavy (non-hydrogen) atoms. The molecule has 0 aromatic carbocycles. The molecule has 0 amide bonds. The Morgan fingerprint density at radius 1 is 1.62 bits per heavy atom. The van der Waals surface area contributed by atoms with Crippen LogP contribution in [0.1, 0.15) is 0 Å². The van der Waals surface area contributed by atoms with Gasteiger partial charge >= 0.3 is 11.2 Å². The van der Waals surface area contributed by atoms with E-state index in [1.807, 2.05) is 7.05 Å². The largest absolute Gasteiger partial charge is 0.330 e. The predicted molar refractivity (Wildman–Crippen MR) is 63.2 cm³/mol. The molecule has 1 aromatic heterocycles. The molecule has 0 radical (unpaired) electrons. The van der Waals surface area contributed by atoms with Gasteiger partial charge in [0, 0.05) is 7.05 Å². The van der Waals surface area contributed by atoms with Crippen LogP contribution in [0.2, 0.25) is 0 Å². The average Bonchev–Trinajstić information content (AvgIpc) is 2.54. The Bertz CT molecular complexity index is 596. The Morgan fingerprint density at radius 3 is 2.94 bits per heavy atom. The number of aliphatic imine (C=N–C) groups is 1. The van der Waals surface area contributed by atoms with E-state index in [0.29, 0.717) is 18.1 Å². The summed E-state index contributed by atoms with van der Waals surface area (Å²) >= 11 is 0. The van der Waals surface area contributed by atoms with Crippen molar-refractivity contribution >= 4 is 17.8 Å². The number of quaternary nitrogens is 1. The van der Waals surface area contributed by atoms with Crippen molar-refractivity contribution in [3.8, 4) is 0 Å². The first-order valence-corrected chi connectivity index (χ1v) is 4.85. The fourth-order valence-corrected chi connectivity index (χ4v) is 1.85. The van der Waals surface area contributed by atoms with Crippen molar-refractivity contribution in [1.29, 1.82) is 0 Å². The highest BCUT2D eigenvalue weighted by Crippen LogP contribution is 2.31. The lowest BCUT2D eigenvalue weighted by Crippen LogP contribution is -2.46. The molecule has 6 nitrogen and oxygen atoms in total. The number of nitrogens with one attached hydrogen (secondary N) is 1. The van der Waals surface area contributed by atoms with E-state index in [-0.39, 0.29) is 10.0 Å². The Hall–Kier alpha value is -1.95. The minimum absolute atomic E-state index is 0.238. The lowest BCUT2D eigenvalue weighted by atomic mass is 10.3. The maximum absolute atomic E-state index is 11.8. The van der Waals surface area contributed by atoms with E-state index >= 15 is 0 Å². The highest BCUT2D eigenvalue weighted by molar-refractivity contribution is 5.86. The smallest absolute Gasteiger partial charge is 0.276 e. The van der Waals surface area contributed by atoms with Gasteiger partial charge in [0.2, 0.25) is 11.5 Å². The summed E-state index contributed by atoms with van der Waals surface area (Å²) in [4.78, 5) is 29.6. The van der Waals surface area contributed by atoms with Crippen molar-refractivity contribution in [2.45, 2.75) is 0 Å². The first-order valence-electron chi connectivity index (χ1n) is 4.85. The van der Waals surface area contributed by atoms with E-state index < -0.39 is 5.69 Å². The number of H-pyrrole nitrogens is 1. The van der Waals surface area contributed by atoms with Crippen LogP contribution in [0.5, 0.6) is 0 Å². The van der Waals surface area contributed by atoms with Gasteiger partial charge in [-0.15, -0.1) is 0 Å². The summed E-state index contributed by atoms with van der Waals surface area (Å²) in [5, 5.41) is 0. The summed E-state index contributed by atoms with van der Waals surface area (Å²) in [6.07, 6.45) is 3.35. The summed E-state index contributed by atoms with van der Waals surface area (Å²) in [7, 11) is 3.43. The Kier molecular flexibility index (Phi) is 2.16. The summed E-state index contributed by atoms with van der Waals surface area (Å²) in [6, 6.07) is 0.